The molecular weight excluding hydrogens is 152 g/mol. The first-order valence-corrected chi connectivity index (χ1v) is 4.00. The zero-order valence-electron chi connectivity index (χ0n) is 7.10. The van der Waals surface area contributed by atoms with Crippen molar-refractivity contribution in [2.75, 3.05) is 0 Å². The van der Waals surface area contributed by atoms with Gasteiger partial charge < -0.3 is 0 Å². The van der Waals surface area contributed by atoms with E-state index < -0.39 is 0 Å². The van der Waals surface area contributed by atoms with Crippen molar-refractivity contribution >= 4 is 0 Å². The van der Waals surface area contributed by atoms with Crippen molar-refractivity contribution in [1.29, 1.82) is 0 Å². The van der Waals surface area contributed by atoms with E-state index in [1.165, 1.54) is 0 Å². The Morgan fingerprint density at radius 3 is 1.75 bits per heavy atom. The normalized spacial score (nSPS) is 26.8. The predicted octanol–water partition coefficient (Wildman–Crippen LogP) is -0.494. The van der Waals surface area contributed by atoms with Gasteiger partial charge in [0.05, 0.1) is 12.1 Å². The molecule has 0 saturated carbocycles. The molecule has 2 rings (SSSR count). The van der Waals surface area contributed by atoms with Crippen molar-refractivity contribution in [1.82, 2.24) is 9.97 Å². The summed E-state index contributed by atoms with van der Waals surface area (Å²) in [7, 11) is 0. The number of nitrogens with zero attached hydrogens (tertiary/aromatic N) is 4. The molecule has 4 nitrogen and oxygen atoms in total. The third kappa shape index (κ3) is 1.09. The molecule has 0 amide bonds. The van der Waals surface area contributed by atoms with Gasteiger partial charge >= 0.3 is 0 Å². The fourth-order valence-corrected chi connectivity index (χ4v) is 1.11. The van der Waals surface area contributed by atoms with E-state index >= 15 is 0 Å². The molecule has 0 bridgehead atoms. The monoisotopic (exact) mass is 162 g/mol. The molecule has 62 valence electrons. The summed E-state index contributed by atoms with van der Waals surface area (Å²) in [6.07, 6.45) is 3.28. The lowest BCUT2D eigenvalue weighted by Crippen LogP contribution is -2.40. The van der Waals surface area contributed by atoms with Gasteiger partial charge in [-0.25, -0.2) is 9.97 Å². The first-order chi connectivity index (χ1) is 5.77. The van der Waals surface area contributed by atoms with Gasteiger partial charge in [0.2, 0.25) is 0 Å². The second kappa shape index (κ2) is 2.62. The number of hydrogen-bond acceptors (Lipinski definition) is 4. The van der Waals surface area contributed by atoms with Crippen molar-refractivity contribution in [2.24, 2.45) is 9.98 Å². The standard InChI is InChI=1S/C8H10N4/c1-5-6(2)12-8-7(11-5)9-3-4-10-8/h3-6H,1-2H3/t5-,6+. The first kappa shape index (κ1) is 7.34. The smallest absolute Gasteiger partial charge is 0.193 e. The second-order valence-corrected chi connectivity index (χ2v) is 2.94. The van der Waals surface area contributed by atoms with Crippen molar-refractivity contribution in [3.63, 3.8) is 0 Å². The van der Waals surface area contributed by atoms with Crippen LogP contribution in [0.5, 0.6) is 0 Å². The van der Waals surface area contributed by atoms with Crippen LogP contribution in [-0.2, 0) is 0 Å². The predicted molar refractivity (Wildman–Crippen MR) is 43.3 cm³/mol. The maximum atomic E-state index is 4.36. The fraction of sp³-hybridized carbons (Fsp3) is 0.500. The van der Waals surface area contributed by atoms with E-state index in [2.05, 4.69) is 20.0 Å². The Morgan fingerprint density at radius 1 is 0.917 bits per heavy atom. The third-order valence-corrected chi connectivity index (χ3v) is 2.01. The van der Waals surface area contributed by atoms with Crippen LogP contribution in [0.15, 0.2) is 22.4 Å². The highest BCUT2D eigenvalue weighted by Gasteiger charge is 2.13. The molecule has 1 aromatic rings. The quantitative estimate of drug-likeness (QED) is 0.516. The fourth-order valence-electron chi connectivity index (χ4n) is 1.11. The lowest BCUT2D eigenvalue weighted by atomic mass is 10.2. The molecule has 0 radical (unpaired) electrons. The third-order valence-electron chi connectivity index (χ3n) is 2.01. The summed E-state index contributed by atoms with van der Waals surface area (Å²) in [5, 5.41) is 0. The van der Waals surface area contributed by atoms with Crippen molar-refractivity contribution in [2.45, 2.75) is 25.9 Å². The van der Waals surface area contributed by atoms with Gasteiger partial charge in [-0.1, -0.05) is 0 Å². The topological polar surface area (TPSA) is 50.5 Å². The van der Waals surface area contributed by atoms with E-state index in [9.17, 15) is 0 Å². The Balaban J connectivity index is 2.70. The zero-order valence-corrected chi connectivity index (χ0v) is 7.10. The molecule has 2 atom stereocenters. The van der Waals surface area contributed by atoms with Gasteiger partial charge in [-0.15, -0.1) is 0 Å². The van der Waals surface area contributed by atoms with Crippen molar-refractivity contribution < 1.29 is 0 Å². The van der Waals surface area contributed by atoms with Crippen LogP contribution >= 0.6 is 0 Å². The Bertz CT molecular complexity index is 359. The Labute approximate surface area is 70.1 Å². The van der Waals surface area contributed by atoms with Crippen LogP contribution in [0, 0.1) is 0 Å². The van der Waals surface area contributed by atoms with E-state index in [1.54, 1.807) is 12.4 Å². The minimum atomic E-state index is 0.217. The molecule has 0 aliphatic carbocycles. The summed E-state index contributed by atoms with van der Waals surface area (Å²) in [6.45, 7) is 4.07. The molecule has 0 unspecified atom stereocenters. The summed E-state index contributed by atoms with van der Waals surface area (Å²) >= 11 is 0. The van der Waals surface area contributed by atoms with Crippen molar-refractivity contribution in [3.8, 4) is 0 Å². The van der Waals surface area contributed by atoms with E-state index in [0.717, 1.165) is 0 Å². The van der Waals surface area contributed by atoms with Gasteiger partial charge in [0, 0.05) is 12.4 Å². The number of rotatable bonds is 0. The van der Waals surface area contributed by atoms with Crippen LogP contribution in [0.1, 0.15) is 13.8 Å². The molecule has 2 heterocycles. The number of aromatic nitrogens is 2. The largest absolute Gasteiger partial charge is 0.258 e. The van der Waals surface area contributed by atoms with Gasteiger partial charge in [0.1, 0.15) is 0 Å². The lowest BCUT2D eigenvalue weighted by Gasteiger charge is -2.13. The molecule has 1 aliphatic rings. The first-order valence-electron chi connectivity index (χ1n) is 4.00. The van der Waals surface area contributed by atoms with Gasteiger partial charge in [0.25, 0.3) is 0 Å². The summed E-state index contributed by atoms with van der Waals surface area (Å²) in [6, 6.07) is 0.434. The minimum Gasteiger partial charge on any atom is -0.258 e. The average Bonchev–Trinajstić information content (AvgIpc) is 2.07. The van der Waals surface area contributed by atoms with Gasteiger partial charge in [-0.3, -0.25) is 9.98 Å². The molecule has 0 fully saturated rings. The molecule has 4 heteroatoms. The van der Waals surface area contributed by atoms with E-state index in [-0.39, 0.29) is 12.1 Å². The van der Waals surface area contributed by atoms with Crippen LogP contribution in [0.4, 0.5) is 0 Å². The molecule has 0 aromatic carbocycles. The van der Waals surface area contributed by atoms with Crippen LogP contribution in [0.2, 0.25) is 0 Å². The summed E-state index contributed by atoms with van der Waals surface area (Å²) in [5.41, 5.74) is 1.34. The molecule has 12 heavy (non-hydrogen) atoms. The SMILES string of the molecule is C[C@@H]1N=c2nccnc2=N[C@@H]1C. The molecule has 0 saturated heterocycles. The van der Waals surface area contributed by atoms with Crippen LogP contribution < -0.4 is 11.0 Å². The highest BCUT2D eigenvalue weighted by Crippen LogP contribution is 2.00. The maximum Gasteiger partial charge on any atom is 0.193 e. The molecule has 1 aromatic heterocycles. The van der Waals surface area contributed by atoms with Gasteiger partial charge in [-0.2, -0.15) is 0 Å². The zero-order chi connectivity index (χ0) is 8.55. The highest BCUT2D eigenvalue weighted by atomic mass is 15.0. The van der Waals surface area contributed by atoms with E-state index in [0.29, 0.717) is 11.0 Å². The lowest BCUT2D eigenvalue weighted by molar-refractivity contribution is 0.548. The minimum absolute atomic E-state index is 0.217. The summed E-state index contributed by atoms with van der Waals surface area (Å²) in [5.74, 6) is 0. The van der Waals surface area contributed by atoms with Crippen LogP contribution in [0.3, 0.4) is 0 Å². The second-order valence-electron chi connectivity index (χ2n) is 2.94. The Morgan fingerprint density at radius 2 is 1.33 bits per heavy atom. The van der Waals surface area contributed by atoms with Crippen molar-refractivity contribution in [3.05, 3.63) is 23.4 Å². The maximum absolute atomic E-state index is 4.36. The Hall–Kier alpha value is -1.32. The molecule has 0 N–H and O–H groups in total. The average molecular weight is 162 g/mol. The highest BCUT2D eigenvalue weighted by molar-refractivity contribution is 4.86. The van der Waals surface area contributed by atoms with E-state index in [4.69, 9.17) is 0 Å². The van der Waals surface area contributed by atoms with Crippen LogP contribution in [0.25, 0.3) is 0 Å². The van der Waals surface area contributed by atoms with Gasteiger partial charge in [0.15, 0.2) is 11.0 Å². The van der Waals surface area contributed by atoms with Gasteiger partial charge in [-0.05, 0) is 13.8 Å². The molecular formula is C8H10N4. The molecule has 0 spiro atoms. The molecule has 1 aliphatic heterocycles. The van der Waals surface area contributed by atoms with Crippen LogP contribution in [-0.4, -0.2) is 22.1 Å². The summed E-state index contributed by atoms with van der Waals surface area (Å²) < 4.78 is 0. The Kier molecular flexibility index (Phi) is 1.60. The number of hydrogen-bond donors (Lipinski definition) is 0. The van der Waals surface area contributed by atoms with E-state index in [1.807, 2.05) is 13.8 Å². The number of fused-ring (bicyclic) bond motifs is 1. The summed E-state index contributed by atoms with van der Waals surface area (Å²) in [4.78, 5) is 16.9.